The Morgan fingerprint density at radius 3 is 1.72 bits per heavy atom. The largest absolute Gasteiger partial charge is 0.475 e. The predicted molar refractivity (Wildman–Crippen MR) is 163 cm³/mol. The van der Waals surface area contributed by atoms with Crippen molar-refractivity contribution in [2.75, 3.05) is 11.9 Å². The minimum atomic E-state index is -0.00958. The molecule has 1 aliphatic rings. The lowest BCUT2D eigenvalue weighted by molar-refractivity contribution is 0.319. The van der Waals surface area contributed by atoms with Crippen LogP contribution in [0.4, 0.5) is 5.69 Å². The molecule has 0 amide bonds. The molecule has 1 N–H and O–H groups in total. The molecule has 0 aromatic heterocycles. The summed E-state index contributed by atoms with van der Waals surface area (Å²) in [7, 11) is 0. The molecule has 0 fully saturated rings. The Morgan fingerprint density at radius 1 is 0.641 bits per heavy atom. The van der Waals surface area contributed by atoms with Gasteiger partial charge in [-0.2, -0.15) is 0 Å². The van der Waals surface area contributed by atoms with Gasteiger partial charge in [0.05, 0.1) is 11.4 Å². The normalized spacial score (nSPS) is 15.2. The third kappa shape index (κ3) is 5.25. The van der Waals surface area contributed by atoms with E-state index in [2.05, 4.69) is 128 Å². The van der Waals surface area contributed by atoms with E-state index in [-0.39, 0.29) is 6.04 Å². The second kappa shape index (κ2) is 11.2. The fourth-order valence-corrected chi connectivity index (χ4v) is 5.05. The fourth-order valence-electron chi connectivity index (χ4n) is 5.05. The Hall–Kier alpha value is -4.89. The van der Waals surface area contributed by atoms with Crippen LogP contribution in [-0.4, -0.2) is 12.5 Å². The molecule has 0 radical (unpaired) electrons. The molecule has 1 heterocycles. The van der Waals surface area contributed by atoms with E-state index in [9.17, 15) is 0 Å². The molecule has 0 spiro atoms. The minimum Gasteiger partial charge on any atom is -0.475 e. The lowest BCUT2D eigenvalue weighted by atomic mass is 9.95. The van der Waals surface area contributed by atoms with Crippen LogP contribution in [0, 0.1) is 0 Å². The summed E-state index contributed by atoms with van der Waals surface area (Å²) in [4.78, 5) is 5.00. The summed E-state index contributed by atoms with van der Waals surface area (Å²) in [5.41, 5.74) is 9.81. The van der Waals surface area contributed by atoms with Gasteiger partial charge in [-0.3, -0.25) is 0 Å². The molecule has 0 saturated heterocycles. The quantitative estimate of drug-likeness (QED) is 0.239. The molecule has 3 nitrogen and oxygen atoms in total. The highest BCUT2D eigenvalue weighted by Gasteiger charge is 2.24. The van der Waals surface area contributed by atoms with Crippen LogP contribution in [0.5, 0.6) is 0 Å². The smallest absolute Gasteiger partial charge is 0.214 e. The molecule has 0 aliphatic carbocycles. The number of anilines is 1. The van der Waals surface area contributed by atoms with E-state index in [1.165, 1.54) is 0 Å². The number of benzene rings is 5. The highest BCUT2D eigenvalue weighted by molar-refractivity contribution is 6.05. The molecule has 190 valence electrons. The Balaban J connectivity index is 1.50. The summed E-state index contributed by atoms with van der Waals surface area (Å²) in [6.07, 6.45) is 0. The molecule has 0 saturated carbocycles. The van der Waals surface area contributed by atoms with Gasteiger partial charge < -0.3 is 10.1 Å². The standard InChI is InChI=1S/C36H30N2O/c1-26(36-37-33(25-39-36)29-19-10-4-11-20-29)34(30-21-12-5-13-22-30)38-35-31(27-15-6-2-7-16-27)23-14-24-32(35)28-17-8-3-9-18-28/h2-24,33,38H,25H2,1H3. The second-order valence-electron chi connectivity index (χ2n) is 9.62. The number of hydrogen-bond acceptors (Lipinski definition) is 3. The van der Waals surface area contributed by atoms with Gasteiger partial charge in [-0.25, -0.2) is 4.99 Å². The van der Waals surface area contributed by atoms with Crippen LogP contribution in [0.3, 0.4) is 0 Å². The molecule has 6 rings (SSSR count). The van der Waals surface area contributed by atoms with E-state index >= 15 is 0 Å². The first-order valence-corrected chi connectivity index (χ1v) is 13.3. The molecule has 5 aromatic rings. The maximum Gasteiger partial charge on any atom is 0.214 e. The summed E-state index contributed by atoms with van der Waals surface area (Å²) in [6, 6.07) is 48.3. The van der Waals surface area contributed by atoms with Gasteiger partial charge in [0.1, 0.15) is 12.6 Å². The number of nitrogens with zero attached hydrogens (tertiary/aromatic N) is 1. The molecule has 1 atom stereocenters. The van der Waals surface area contributed by atoms with Crippen molar-refractivity contribution < 1.29 is 4.74 Å². The number of aliphatic imine (C=N–C) groups is 1. The molecular formula is C36H30N2O. The molecule has 1 unspecified atom stereocenters. The Bertz CT molecular complexity index is 1550. The Labute approximate surface area is 230 Å². The van der Waals surface area contributed by atoms with Gasteiger partial charge in [-0.05, 0) is 29.2 Å². The number of para-hydroxylation sites is 1. The van der Waals surface area contributed by atoms with E-state index in [1.807, 2.05) is 24.3 Å². The first-order valence-electron chi connectivity index (χ1n) is 13.3. The Kier molecular flexibility index (Phi) is 7.05. The van der Waals surface area contributed by atoms with Crippen LogP contribution in [-0.2, 0) is 4.74 Å². The average Bonchev–Trinajstić information content (AvgIpc) is 3.52. The first-order chi connectivity index (χ1) is 19.3. The molecule has 1 aliphatic heterocycles. The minimum absolute atomic E-state index is 0.00958. The molecule has 3 heteroatoms. The summed E-state index contributed by atoms with van der Waals surface area (Å²) >= 11 is 0. The van der Waals surface area contributed by atoms with E-state index in [0.717, 1.165) is 50.3 Å². The monoisotopic (exact) mass is 506 g/mol. The Morgan fingerprint density at radius 2 is 1.15 bits per heavy atom. The van der Waals surface area contributed by atoms with Gasteiger partial charge in [-0.1, -0.05) is 140 Å². The number of nitrogens with one attached hydrogen (secondary N) is 1. The van der Waals surface area contributed by atoms with Gasteiger partial charge in [0.2, 0.25) is 5.90 Å². The maximum atomic E-state index is 6.20. The van der Waals surface area contributed by atoms with E-state index < -0.39 is 0 Å². The zero-order valence-corrected chi connectivity index (χ0v) is 21.9. The van der Waals surface area contributed by atoms with Gasteiger partial charge in [0.15, 0.2) is 0 Å². The van der Waals surface area contributed by atoms with Crippen LogP contribution in [0.25, 0.3) is 28.0 Å². The topological polar surface area (TPSA) is 33.6 Å². The van der Waals surface area contributed by atoms with Crippen molar-refractivity contribution in [3.63, 3.8) is 0 Å². The third-order valence-electron chi connectivity index (χ3n) is 7.08. The van der Waals surface area contributed by atoms with Gasteiger partial charge in [0, 0.05) is 16.7 Å². The van der Waals surface area contributed by atoms with Crippen molar-refractivity contribution in [2.45, 2.75) is 13.0 Å². The third-order valence-corrected chi connectivity index (χ3v) is 7.08. The predicted octanol–water partition coefficient (Wildman–Crippen LogP) is 9.03. The number of ether oxygens (including phenoxy) is 1. The van der Waals surface area contributed by atoms with Crippen molar-refractivity contribution in [3.8, 4) is 22.3 Å². The van der Waals surface area contributed by atoms with Crippen LogP contribution in [0.15, 0.2) is 150 Å². The summed E-state index contributed by atoms with van der Waals surface area (Å²) in [6.45, 7) is 2.63. The van der Waals surface area contributed by atoms with E-state index in [0.29, 0.717) is 12.5 Å². The van der Waals surface area contributed by atoms with Crippen molar-refractivity contribution in [2.24, 2.45) is 4.99 Å². The first kappa shape index (κ1) is 24.4. The SMILES string of the molecule is CC(C1=NC(c2ccccc2)CO1)=C(Nc1c(-c2ccccc2)cccc1-c1ccccc1)c1ccccc1. The molecule has 5 aromatic carbocycles. The second-order valence-corrected chi connectivity index (χ2v) is 9.62. The van der Waals surface area contributed by atoms with Crippen LogP contribution in [0.2, 0.25) is 0 Å². The zero-order valence-electron chi connectivity index (χ0n) is 21.9. The molecular weight excluding hydrogens is 476 g/mol. The van der Waals surface area contributed by atoms with Gasteiger partial charge >= 0.3 is 0 Å². The lowest BCUT2D eigenvalue weighted by Gasteiger charge is -2.21. The van der Waals surface area contributed by atoms with E-state index in [4.69, 9.17) is 9.73 Å². The number of hydrogen-bond donors (Lipinski definition) is 1. The van der Waals surface area contributed by atoms with Crippen molar-refractivity contribution in [3.05, 3.63) is 156 Å². The maximum absolute atomic E-state index is 6.20. The summed E-state index contributed by atoms with van der Waals surface area (Å²) in [5, 5.41) is 3.88. The number of rotatable bonds is 7. The molecule has 39 heavy (non-hydrogen) atoms. The highest BCUT2D eigenvalue weighted by Crippen LogP contribution is 2.40. The van der Waals surface area contributed by atoms with Gasteiger partial charge in [0.25, 0.3) is 0 Å². The van der Waals surface area contributed by atoms with Crippen LogP contribution >= 0.6 is 0 Å². The zero-order chi connectivity index (χ0) is 26.4. The van der Waals surface area contributed by atoms with Crippen molar-refractivity contribution in [1.82, 2.24) is 0 Å². The lowest BCUT2D eigenvalue weighted by Crippen LogP contribution is -2.10. The summed E-state index contributed by atoms with van der Waals surface area (Å²) < 4.78 is 6.20. The van der Waals surface area contributed by atoms with Crippen molar-refractivity contribution >= 4 is 17.3 Å². The average molecular weight is 507 g/mol. The fraction of sp³-hybridized carbons (Fsp3) is 0.0833. The van der Waals surface area contributed by atoms with Gasteiger partial charge in [-0.15, -0.1) is 0 Å². The van der Waals surface area contributed by atoms with Crippen molar-refractivity contribution in [1.29, 1.82) is 0 Å². The summed E-state index contributed by atoms with van der Waals surface area (Å²) in [5.74, 6) is 0.675. The van der Waals surface area contributed by atoms with Crippen LogP contribution < -0.4 is 5.32 Å². The molecule has 0 bridgehead atoms. The van der Waals surface area contributed by atoms with Crippen LogP contribution in [0.1, 0.15) is 24.1 Å². The van der Waals surface area contributed by atoms with E-state index in [1.54, 1.807) is 0 Å². The highest BCUT2D eigenvalue weighted by atomic mass is 16.5.